The third-order valence-corrected chi connectivity index (χ3v) is 1.91. The van der Waals surface area contributed by atoms with Crippen LogP contribution in [0.1, 0.15) is 12.6 Å². The summed E-state index contributed by atoms with van der Waals surface area (Å²) in [7, 11) is 1.84. The fraction of sp³-hybridized carbons (Fsp3) is 0.400. The van der Waals surface area contributed by atoms with Crippen molar-refractivity contribution in [3.05, 3.63) is 18.1 Å². The Morgan fingerprint density at radius 2 is 2.13 bits per heavy atom. The van der Waals surface area contributed by atoms with Crippen LogP contribution in [-0.2, 0) is 0 Å². The molecule has 0 aliphatic rings. The zero-order valence-electron chi connectivity index (χ0n) is 8.68. The van der Waals surface area contributed by atoms with Crippen LogP contribution in [-0.4, -0.2) is 23.6 Å². The third kappa shape index (κ3) is 2.92. The first-order chi connectivity index (χ1) is 7.17. The highest BCUT2D eigenvalue weighted by atomic mass is 15.2. The van der Waals surface area contributed by atoms with E-state index in [1.54, 1.807) is 0 Å². The van der Waals surface area contributed by atoms with E-state index in [1.165, 1.54) is 12.4 Å². The van der Waals surface area contributed by atoms with Gasteiger partial charge in [-0.3, -0.25) is 0 Å². The minimum Gasteiger partial charge on any atom is -0.357 e. The van der Waals surface area contributed by atoms with Gasteiger partial charge in [0.05, 0.1) is 24.4 Å². The Morgan fingerprint density at radius 1 is 1.40 bits per heavy atom. The van der Waals surface area contributed by atoms with E-state index in [4.69, 9.17) is 10.5 Å². The lowest BCUT2D eigenvalue weighted by Gasteiger charge is -2.18. The maximum absolute atomic E-state index is 8.66. The average Bonchev–Trinajstić information content (AvgIpc) is 2.29. The monoisotopic (exact) mass is 201 g/mol. The number of hydrogen-bond donors (Lipinski definition) is 0. The molecular formula is C10H11N5. The number of aromatic nitrogens is 2. The lowest BCUT2D eigenvalue weighted by Crippen LogP contribution is -2.24. The van der Waals surface area contributed by atoms with Crippen molar-refractivity contribution in [3.8, 4) is 12.1 Å². The highest BCUT2D eigenvalue weighted by molar-refractivity contribution is 5.36. The number of rotatable bonds is 3. The fourth-order valence-electron chi connectivity index (χ4n) is 1.12. The molecule has 0 aromatic carbocycles. The lowest BCUT2D eigenvalue weighted by atomic mass is 10.2. The number of anilines is 1. The van der Waals surface area contributed by atoms with E-state index in [0.29, 0.717) is 18.1 Å². The average molecular weight is 201 g/mol. The fourth-order valence-corrected chi connectivity index (χ4v) is 1.12. The second kappa shape index (κ2) is 4.92. The molecule has 0 aliphatic heterocycles. The largest absolute Gasteiger partial charge is 0.357 e. The van der Waals surface area contributed by atoms with Crippen molar-refractivity contribution < 1.29 is 0 Å². The summed E-state index contributed by atoms with van der Waals surface area (Å²) >= 11 is 0. The summed E-state index contributed by atoms with van der Waals surface area (Å²) in [4.78, 5) is 9.81. The van der Waals surface area contributed by atoms with Crippen molar-refractivity contribution in [2.75, 3.05) is 18.5 Å². The van der Waals surface area contributed by atoms with Gasteiger partial charge in [0, 0.05) is 13.6 Å². The van der Waals surface area contributed by atoms with Crippen molar-refractivity contribution >= 4 is 5.82 Å². The van der Waals surface area contributed by atoms with Gasteiger partial charge in [0.25, 0.3) is 0 Å². The van der Waals surface area contributed by atoms with Gasteiger partial charge in [-0.15, -0.1) is 0 Å². The molecule has 0 fully saturated rings. The summed E-state index contributed by atoms with van der Waals surface area (Å²) in [5, 5.41) is 17.2. The molecule has 0 spiro atoms. The predicted molar refractivity (Wildman–Crippen MR) is 54.8 cm³/mol. The molecule has 5 heteroatoms. The smallest absolute Gasteiger partial charge is 0.158 e. The highest BCUT2D eigenvalue weighted by Gasteiger charge is 2.07. The van der Waals surface area contributed by atoms with Gasteiger partial charge in [-0.1, -0.05) is 0 Å². The van der Waals surface area contributed by atoms with Crippen molar-refractivity contribution in [1.82, 2.24) is 9.97 Å². The van der Waals surface area contributed by atoms with E-state index in [1.807, 2.05) is 24.9 Å². The minimum atomic E-state index is -0.0626. The van der Waals surface area contributed by atoms with E-state index in [-0.39, 0.29) is 5.92 Å². The van der Waals surface area contributed by atoms with E-state index in [9.17, 15) is 0 Å². The number of nitriles is 2. The maximum atomic E-state index is 8.66. The second-order valence-electron chi connectivity index (χ2n) is 3.28. The first kappa shape index (κ1) is 10.9. The molecule has 15 heavy (non-hydrogen) atoms. The molecule has 0 saturated heterocycles. The minimum absolute atomic E-state index is 0.0626. The first-order valence-electron chi connectivity index (χ1n) is 4.50. The van der Waals surface area contributed by atoms with E-state index in [0.717, 1.165) is 0 Å². The normalized spacial score (nSPS) is 11.2. The van der Waals surface area contributed by atoms with E-state index < -0.39 is 0 Å². The molecule has 76 valence electrons. The summed E-state index contributed by atoms with van der Waals surface area (Å²) < 4.78 is 0. The van der Waals surface area contributed by atoms with Gasteiger partial charge in [0.1, 0.15) is 11.9 Å². The highest BCUT2D eigenvalue weighted by Crippen LogP contribution is 2.08. The van der Waals surface area contributed by atoms with Crippen LogP contribution >= 0.6 is 0 Å². The molecule has 1 unspecified atom stereocenters. The van der Waals surface area contributed by atoms with Crippen molar-refractivity contribution in [3.63, 3.8) is 0 Å². The molecule has 0 saturated carbocycles. The van der Waals surface area contributed by atoms with Crippen LogP contribution in [0.25, 0.3) is 0 Å². The van der Waals surface area contributed by atoms with Crippen LogP contribution < -0.4 is 4.90 Å². The Labute approximate surface area is 88.6 Å². The van der Waals surface area contributed by atoms with Gasteiger partial charge < -0.3 is 4.90 Å². The van der Waals surface area contributed by atoms with Crippen LogP contribution in [0.4, 0.5) is 5.82 Å². The van der Waals surface area contributed by atoms with Gasteiger partial charge >= 0.3 is 0 Å². The number of nitrogens with zero attached hydrogens (tertiary/aromatic N) is 5. The molecule has 1 heterocycles. The summed E-state index contributed by atoms with van der Waals surface area (Å²) in [5.74, 6) is 0.601. The van der Waals surface area contributed by atoms with Crippen LogP contribution in [0.3, 0.4) is 0 Å². The van der Waals surface area contributed by atoms with Crippen LogP contribution in [0, 0.1) is 28.6 Å². The summed E-state index contributed by atoms with van der Waals surface area (Å²) in [5.41, 5.74) is 0.292. The molecule has 1 aromatic heterocycles. The van der Waals surface area contributed by atoms with Crippen molar-refractivity contribution in [2.45, 2.75) is 6.92 Å². The molecule has 1 aromatic rings. The maximum Gasteiger partial charge on any atom is 0.158 e. The van der Waals surface area contributed by atoms with Crippen molar-refractivity contribution in [1.29, 1.82) is 10.5 Å². The van der Waals surface area contributed by atoms with Gasteiger partial charge in [0.2, 0.25) is 0 Å². The topological polar surface area (TPSA) is 76.6 Å². The third-order valence-electron chi connectivity index (χ3n) is 1.91. The Balaban J connectivity index is 2.71. The quantitative estimate of drug-likeness (QED) is 0.727. The Morgan fingerprint density at radius 3 is 2.60 bits per heavy atom. The zero-order chi connectivity index (χ0) is 11.3. The van der Waals surface area contributed by atoms with E-state index in [2.05, 4.69) is 16.0 Å². The van der Waals surface area contributed by atoms with Crippen LogP contribution in [0.2, 0.25) is 0 Å². The van der Waals surface area contributed by atoms with Gasteiger partial charge in [-0.25, -0.2) is 9.97 Å². The molecule has 1 rings (SSSR count). The number of hydrogen-bond acceptors (Lipinski definition) is 5. The summed E-state index contributed by atoms with van der Waals surface area (Å²) in [6.45, 7) is 2.44. The molecule has 0 radical (unpaired) electrons. The molecule has 1 atom stereocenters. The Kier molecular flexibility index (Phi) is 3.59. The molecule has 0 N–H and O–H groups in total. The molecule has 0 bridgehead atoms. The zero-order valence-corrected chi connectivity index (χ0v) is 8.68. The van der Waals surface area contributed by atoms with Gasteiger partial charge in [0.15, 0.2) is 5.69 Å². The molecule has 0 amide bonds. The summed E-state index contributed by atoms with van der Waals surface area (Å²) in [6, 6.07) is 4.05. The van der Waals surface area contributed by atoms with E-state index >= 15 is 0 Å². The molecule has 5 nitrogen and oxygen atoms in total. The predicted octanol–water partition coefficient (Wildman–Crippen LogP) is 0.944. The van der Waals surface area contributed by atoms with Crippen LogP contribution in [0.5, 0.6) is 0 Å². The second-order valence-corrected chi connectivity index (χ2v) is 3.28. The Hall–Kier alpha value is -2.14. The standard InChI is InChI=1S/C10H11N5/c1-8(3-11)7-15(2)10-6-13-9(4-12)5-14-10/h5-6,8H,7H2,1-2H3. The SMILES string of the molecule is CC(C#N)CN(C)c1cnc(C#N)cn1. The Bertz CT molecular complexity index is 397. The summed E-state index contributed by atoms with van der Waals surface area (Å²) in [6.07, 6.45) is 2.95. The first-order valence-corrected chi connectivity index (χ1v) is 4.50. The molecular weight excluding hydrogens is 190 g/mol. The van der Waals surface area contributed by atoms with Crippen molar-refractivity contribution in [2.24, 2.45) is 5.92 Å². The van der Waals surface area contributed by atoms with Crippen LogP contribution in [0.15, 0.2) is 12.4 Å². The van der Waals surface area contributed by atoms with Gasteiger partial charge in [-0.2, -0.15) is 10.5 Å². The lowest BCUT2D eigenvalue weighted by molar-refractivity contribution is 0.708. The van der Waals surface area contributed by atoms with Gasteiger partial charge in [-0.05, 0) is 6.92 Å². The molecule has 0 aliphatic carbocycles.